The van der Waals surface area contributed by atoms with Crippen molar-refractivity contribution in [3.05, 3.63) is 69.9 Å². The number of hydrogen-bond donors (Lipinski definition) is 2. The van der Waals surface area contributed by atoms with Crippen LogP contribution >= 0.6 is 11.8 Å². The van der Waals surface area contributed by atoms with E-state index in [0.717, 1.165) is 11.5 Å². The third-order valence-electron chi connectivity index (χ3n) is 4.32. The number of carbonyl (C=O) groups is 1. The fourth-order valence-electron chi connectivity index (χ4n) is 2.97. The standard InChI is InChI=1S/C20H20N4O4S/c1-12-8-16-18(22-12)19(26)24(10-15-4-3-7-27-15)20(23-16)29-11-17(25)21-9-14-6-5-13(2)28-14/h3-8,22H,9-11H2,1-2H3,(H,21,25). The molecule has 0 aliphatic carbocycles. The lowest BCUT2D eigenvalue weighted by Crippen LogP contribution is -2.27. The monoisotopic (exact) mass is 412 g/mol. The molecule has 4 aromatic rings. The second-order valence-electron chi connectivity index (χ2n) is 6.66. The summed E-state index contributed by atoms with van der Waals surface area (Å²) in [6.45, 7) is 4.27. The van der Waals surface area contributed by atoms with Gasteiger partial charge in [0, 0.05) is 5.69 Å². The first-order valence-electron chi connectivity index (χ1n) is 9.07. The molecule has 0 atom stereocenters. The van der Waals surface area contributed by atoms with Crippen molar-refractivity contribution < 1.29 is 13.6 Å². The molecule has 0 saturated heterocycles. The number of H-pyrrole nitrogens is 1. The van der Waals surface area contributed by atoms with Gasteiger partial charge in [-0.25, -0.2) is 4.98 Å². The number of amides is 1. The molecule has 0 aromatic carbocycles. The van der Waals surface area contributed by atoms with Gasteiger partial charge in [0.1, 0.15) is 22.8 Å². The Morgan fingerprint density at radius 3 is 2.86 bits per heavy atom. The normalized spacial score (nSPS) is 11.2. The number of hydrogen-bond acceptors (Lipinski definition) is 6. The molecule has 9 heteroatoms. The first-order valence-corrected chi connectivity index (χ1v) is 10.1. The van der Waals surface area contributed by atoms with Crippen LogP contribution in [-0.2, 0) is 17.9 Å². The van der Waals surface area contributed by atoms with Gasteiger partial charge in [0.15, 0.2) is 5.16 Å². The topological polar surface area (TPSA) is 106 Å². The van der Waals surface area contributed by atoms with Crippen LogP contribution in [-0.4, -0.2) is 26.2 Å². The van der Waals surface area contributed by atoms with E-state index in [0.29, 0.717) is 34.3 Å². The summed E-state index contributed by atoms with van der Waals surface area (Å²) < 4.78 is 12.3. The van der Waals surface area contributed by atoms with Crippen LogP contribution in [0.5, 0.6) is 0 Å². The Morgan fingerprint density at radius 2 is 2.14 bits per heavy atom. The highest BCUT2D eigenvalue weighted by molar-refractivity contribution is 7.99. The number of nitrogens with zero attached hydrogens (tertiary/aromatic N) is 2. The molecule has 0 bridgehead atoms. The molecular weight excluding hydrogens is 392 g/mol. The summed E-state index contributed by atoms with van der Waals surface area (Å²) in [5.41, 5.74) is 1.67. The van der Waals surface area contributed by atoms with E-state index in [4.69, 9.17) is 8.83 Å². The Bertz CT molecular complexity index is 1200. The van der Waals surface area contributed by atoms with Crippen molar-refractivity contribution in [2.75, 3.05) is 5.75 Å². The van der Waals surface area contributed by atoms with E-state index in [9.17, 15) is 9.59 Å². The Balaban J connectivity index is 1.53. The number of rotatable bonds is 7. The smallest absolute Gasteiger partial charge is 0.278 e. The predicted octanol–water partition coefficient (Wildman–Crippen LogP) is 2.98. The molecule has 0 saturated carbocycles. The molecular formula is C20H20N4O4S. The second-order valence-corrected chi connectivity index (χ2v) is 7.60. The largest absolute Gasteiger partial charge is 0.467 e. The van der Waals surface area contributed by atoms with Crippen LogP contribution < -0.4 is 10.9 Å². The maximum atomic E-state index is 13.0. The summed E-state index contributed by atoms with van der Waals surface area (Å²) >= 11 is 1.21. The molecule has 4 rings (SSSR count). The lowest BCUT2D eigenvalue weighted by atomic mass is 10.4. The molecule has 2 N–H and O–H groups in total. The number of thioether (sulfide) groups is 1. The van der Waals surface area contributed by atoms with Gasteiger partial charge in [0.25, 0.3) is 5.56 Å². The molecule has 0 fully saturated rings. The Kier molecular flexibility index (Phi) is 5.30. The first-order chi connectivity index (χ1) is 14.0. The number of aryl methyl sites for hydroxylation is 2. The number of furan rings is 2. The van der Waals surface area contributed by atoms with E-state index in [2.05, 4.69) is 15.3 Å². The number of aromatic amines is 1. The molecule has 4 heterocycles. The summed E-state index contributed by atoms with van der Waals surface area (Å²) in [7, 11) is 0. The molecule has 0 aliphatic rings. The maximum Gasteiger partial charge on any atom is 0.278 e. The number of carbonyl (C=O) groups excluding carboxylic acids is 1. The number of aromatic nitrogens is 3. The molecule has 0 spiro atoms. The van der Waals surface area contributed by atoms with Crippen molar-refractivity contribution in [2.45, 2.75) is 32.1 Å². The van der Waals surface area contributed by atoms with Crippen molar-refractivity contribution in [3.8, 4) is 0 Å². The van der Waals surface area contributed by atoms with E-state index in [1.807, 2.05) is 32.0 Å². The predicted molar refractivity (Wildman–Crippen MR) is 109 cm³/mol. The van der Waals surface area contributed by atoms with Crippen LogP contribution in [0.15, 0.2) is 55.4 Å². The highest BCUT2D eigenvalue weighted by Crippen LogP contribution is 2.19. The van der Waals surface area contributed by atoms with Crippen molar-refractivity contribution >= 4 is 28.7 Å². The summed E-state index contributed by atoms with van der Waals surface area (Å²) in [6.07, 6.45) is 1.56. The zero-order valence-corrected chi connectivity index (χ0v) is 16.8. The van der Waals surface area contributed by atoms with Crippen LogP contribution in [0.25, 0.3) is 11.0 Å². The first kappa shape index (κ1) is 19.1. The summed E-state index contributed by atoms with van der Waals surface area (Å²) in [4.78, 5) is 32.9. The maximum absolute atomic E-state index is 13.0. The lowest BCUT2D eigenvalue weighted by Gasteiger charge is -2.10. The van der Waals surface area contributed by atoms with Gasteiger partial charge in [-0.1, -0.05) is 11.8 Å². The second kappa shape index (κ2) is 8.04. The van der Waals surface area contributed by atoms with Gasteiger partial charge in [-0.05, 0) is 44.2 Å². The molecule has 0 unspecified atom stereocenters. The SMILES string of the molecule is Cc1cc2nc(SCC(=O)NCc3ccc(C)o3)n(Cc3ccco3)c(=O)c2[nH]1. The van der Waals surface area contributed by atoms with Crippen LogP contribution in [0.4, 0.5) is 0 Å². The van der Waals surface area contributed by atoms with Crippen molar-refractivity contribution in [1.29, 1.82) is 0 Å². The van der Waals surface area contributed by atoms with Gasteiger partial charge in [0.05, 0.1) is 30.6 Å². The number of nitrogens with one attached hydrogen (secondary N) is 2. The molecule has 0 radical (unpaired) electrons. The fraction of sp³-hybridized carbons (Fsp3) is 0.250. The van der Waals surface area contributed by atoms with E-state index in [1.165, 1.54) is 16.3 Å². The van der Waals surface area contributed by atoms with Crippen LogP contribution in [0, 0.1) is 13.8 Å². The van der Waals surface area contributed by atoms with Gasteiger partial charge in [0.2, 0.25) is 5.91 Å². The average Bonchev–Trinajstić information content (AvgIpc) is 3.42. The highest BCUT2D eigenvalue weighted by atomic mass is 32.2. The molecule has 4 aromatic heterocycles. The van der Waals surface area contributed by atoms with E-state index in [-0.39, 0.29) is 23.8 Å². The van der Waals surface area contributed by atoms with Gasteiger partial charge in [-0.2, -0.15) is 0 Å². The van der Waals surface area contributed by atoms with Crippen molar-refractivity contribution in [2.24, 2.45) is 0 Å². The van der Waals surface area contributed by atoms with E-state index in [1.54, 1.807) is 18.4 Å². The highest BCUT2D eigenvalue weighted by Gasteiger charge is 2.16. The molecule has 150 valence electrons. The summed E-state index contributed by atoms with van der Waals surface area (Å²) in [5.74, 6) is 2.08. The number of fused-ring (bicyclic) bond motifs is 1. The van der Waals surface area contributed by atoms with Crippen LogP contribution in [0.2, 0.25) is 0 Å². The minimum atomic E-state index is -0.200. The van der Waals surface area contributed by atoms with Gasteiger partial charge < -0.3 is 19.1 Å². The van der Waals surface area contributed by atoms with Gasteiger partial charge in [-0.3, -0.25) is 14.2 Å². The molecule has 8 nitrogen and oxygen atoms in total. The third kappa shape index (κ3) is 4.29. The lowest BCUT2D eigenvalue weighted by molar-refractivity contribution is -0.118. The van der Waals surface area contributed by atoms with E-state index < -0.39 is 0 Å². The quantitative estimate of drug-likeness (QED) is 0.357. The molecule has 29 heavy (non-hydrogen) atoms. The fourth-order valence-corrected chi connectivity index (χ4v) is 3.79. The van der Waals surface area contributed by atoms with Gasteiger partial charge >= 0.3 is 0 Å². The zero-order chi connectivity index (χ0) is 20.4. The molecule has 0 aliphatic heterocycles. The van der Waals surface area contributed by atoms with Crippen LogP contribution in [0.1, 0.15) is 23.0 Å². The summed E-state index contributed by atoms with van der Waals surface area (Å²) in [6, 6.07) is 9.05. The minimum Gasteiger partial charge on any atom is -0.467 e. The Morgan fingerprint density at radius 1 is 1.28 bits per heavy atom. The Hall–Kier alpha value is -3.20. The Labute approximate surface area is 170 Å². The summed E-state index contributed by atoms with van der Waals surface area (Å²) in [5, 5.41) is 3.27. The average molecular weight is 412 g/mol. The van der Waals surface area contributed by atoms with Crippen molar-refractivity contribution in [1.82, 2.24) is 19.9 Å². The van der Waals surface area contributed by atoms with Crippen molar-refractivity contribution in [3.63, 3.8) is 0 Å². The van der Waals surface area contributed by atoms with Gasteiger partial charge in [-0.15, -0.1) is 0 Å². The molecule has 1 amide bonds. The third-order valence-corrected chi connectivity index (χ3v) is 5.30. The van der Waals surface area contributed by atoms with Crippen LogP contribution in [0.3, 0.4) is 0 Å². The zero-order valence-electron chi connectivity index (χ0n) is 16.0. The van der Waals surface area contributed by atoms with E-state index >= 15 is 0 Å². The minimum absolute atomic E-state index is 0.124.